The molecule has 0 saturated heterocycles. The average molecular weight is 329 g/mol. The second-order valence-electron chi connectivity index (χ2n) is 6.29. The molecule has 4 nitrogen and oxygen atoms in total. The van der Waals surface area contributed by atoms with Crippen molar-refractivity contribution in [2.45, 2.75) is 20.0 Å². The number of amides is 1. The highest BCUT2D eigenvalue weighted by atomic mass is 16.2. The van der Waals surface area contributed by atoms with Gasteiger partial charge in [-0.05, 0) is 61.4 Å². The maximum Gasteiger partial charge on any atom is 0.262 e. The van der Waals surface area contributed by atoms with Gasteiger partial charge in [-0.3, -0.25) is 14.7 Å². The normalized spacial score (nSPS) is 16.0. The molecule has 1 aliphatic rings. The molecule has 25 heavy (non-hydrogen) atoms. The molecule has 1 atom stereocenters. The minimum Gasteiger partial charge on any atom is -0.360 e. The summed E-state index contributed by atoms with van der Waals surface area (Å²) in [7, 11) is 0. The number of para-hydroxylation sites is 1. The van der Waals surface area contributed by atoms with Crippen molar-refractivity contribution in [3.05, 3.63) is 89.2 Å². The van der Waals surface area contributed by atoms with Crippen LogP contribution in [-0.2, 0) is 0 Å². The van der Waals surface area contributed by atoms with Gasteiger partial charge in [-0.1, -0.05) is 24.3 Å². The Hall–Kier alpha value is -3.14. The van der Waals surface area contributed by atoms with Gasteiger partial charge >= 0.3 is 0 Å². The van der Waals surface area contributed by atoms with Gasteiger partial charge in [-0.25, -0.2) is 0 Å². The average Bonchev–Trinajstić information content (AvgIpc) is 2.91. The highest BCUT2D eigenvalue weighted by Gasteiger charge is 2.38. The van der Waals surface area contributed by atoms with E-state index in [9.17, 15) is 4.79 Å². The topological polar surface area (TPSA) is 45.2 Å². The first-order valence-corrected chi connectivity index (χ1v) is 8.32. The maximum atomic E-state index is 13.0. The predicted octanol–water partition coefficient (Wildman–Crippen LogP) is 4.47. The Balaban J connectivity index is 1.78. The summed E-state index contributed by atoms with van der Waals surface area (Å²) in [4.78, 5) is 19.2. The maximum absolute atomic E-state index is 13.0. The van der Waals surface area contributed by atoms with Gasteiger partial charge in [-0.2, -0.15) is 0 Å². The number of anilines is 2. The number of hydrogen-bond acceptors (Lipinski definition) is 3. The van der Waals surface area contributed by atoms with E-state index < -0.39 is 0 Å². The van der Waals surface area contributed by atoms with E-state index >= 15 is 0 Å². The molecular weight excluding hydrogens is 310 g/mol. The second-order valence-corrected chi connectivity index (χ2v) is 6.29. The lowest BCUT2D eigenvalue weighted by atomic mass is 10.1. The Kier molecular flexibility index (Phi) is 3.73. The number of rotatable bonds is 3. The number of aromatic nitrogens is 1. The lowest BCUT2D eigenvalue weighted by Crippen LogP contribution is -2.32. The standard InChI is InChI=1S/C21H19N3O/c1-14-10-11-16(13-15(14)2)23-20-19-18(9-6-12-22-19)21(25)24(20)17-7-4-3-5-8-17/h3-13,20,23H,1-2H3/t20-/m1/s1. The van der Waals surface area contributed by atoms with E-state index in [0.717, 1.165) is 17.1 Å². The van der Waals surface area contributed by atoms with E-state index in [1.54, 1.807) is 17.2 Å². The van der Waals surface area contributed by atoms with Crippen molar-refractivity contribution in [1.82, 2.24) is 4.98 Å². The number of aryl methyl sites for hydroxylation is 2. The molecule has 0 aliphatic carbocycles. The summed E-state index contributed by atoms with van der Waals surface area (Å²) in [6, 6.07) is 19.6. The van der Waals surface area contributed by atoms with Gasteiger partial charge < -0.3 is 5.32 Å². The molecule has 1 aromatic heterocycles. The van der Waals surface area contributed by atoms with E-state index in [2.05, 4.69) is 36.3 Å². The largest absolute Gasteiger partial charge is 0.360 e. The highest BCUT2D eigenvalue weighted by molar-refractivity contribution is 6.11. The van der Waals surface area contributed by atoms with E-state index in [1.807, 2.05) is 42.5 Å². The van der Waals surface area contributed by atoms with Crippen LogP contribution in [0.4, 0.5) is 11.4 Å². The Labute approximate surface area is 147 Å². The zero-order valence-electron chi connectivity index (χ0n) is 14.2. The van der Waals surface area contributed by atoms with E-state index in [-0.39, 0.29) is 12.1 Å². The van der Waals surface area contributed by atoms with Crippen molar-refractivity contribution in [2.24, 2.45) is 0 Å². The number of carbonyl (C=O) groups excluding carboxylic acids is 1. The van der Waals surface area contributed by atoms with Crippen molar-refractivity contribution in [3.8, 4) is 0 Å². The molecule has 1 aliphatic heterocycles. The number of nitrogens with zero attached hydrogens (tertiary/aromatic N) is 2. The first-order chi connectivity index (χ1) is 12.1. The zero-order chi connectivity index (χ0) is 17.4. The number of carbonyl (C=O) groups is 1. The lowest BCUT2D eigenvalue weighted by Gasteiger charge is -2.26. The van der Waals surface area contributed by atoms with E-state index in [4.69, 9.17) is 0 Å². The van der Waals surface area contributed by atoms with Crippen LogP contribution < -0.4 is 10.2 Å². The molecule has 0 bridgehead atoms. The van der Waals surface area contributed by atoms with Gasteiger partial charge in [0.1, 0.15) is 0 Å². The zero-order valence-corrected chi connectivity index (χ0v) is 14.2. The summed E-state index contributed by atoms with van der Waals surface area (Å²) >= 11 is 0. The second kappa shape index (κ2) is 6.06. The van der Waals surface area contributed by atoms with Gasteiger partial charge in [0.25, 0.3) is 5.91 Å². The summed E-state index contributed by atoms with van der Waals surface area (Å²) < 4.78 is 0. The van der Waals surface area contributed by atoms with Crippen LogP contribution in [0.15, 0.2) is 66.9 Å². The molecule has 3 aromatic rings. The van der Waals surface area contributed by atoms with Gasteiger partial charge in [0.2, 0.25) is 0 Å². The summed E-state index contributed by atoms with van der Waals surface area (Å²) in [6.07, 6.45) is 1.41. The molecule has 0 spiro atoms. The number of benzene rings is 2. The monoisotopic (exact) mass is 329 g/mol. The van der Waals surface area contributed by atoms with Crippen molar-refractivity contribution in [1.29, 1.82) is 0 Å². The van der Waals surface area contributed by atoms with Crippen molar-refractivity contribution in [3.63, 3.8) is 0 Å². The molecule has 124 valence electrons. The van der Waals surface area contributed by atoms with Crippen molar-refractivity contribution in [2.75, 3.05) is 10.2 Å². The lowest BCUT2D eigenvalue weighted by molar-refractivity contribution is 0.0993. The SMILES string of the molecule is Cc1ccc(N[C@H]2c3ncccc3C(=O)N2c2ccccc2)cc1C. The summed E-state index contributed by atoms with van der Waals surface area (Å²) in [5.41, 5.74) is 5.68. The molecule has 1 N–H and O–H groups in total. The third-order valence-corrected chi connectivity index (χ3v) is 4.65. The van der Waals surface area contributed by atoms with Crippen LogP contribution in [0.5, 0.6) is 0 Å². The number of fused-ring (bicyclic) bond motifs is 1. The van der Waals surface area contributed by atoms with E-state index in [1.165, 1.54) is 11.1 Å². The third-order valence-electron chi connectivity index (χ3n) is 4.65. The molecule has 4 rings (SSSR count). The molecule has 0 fully saturated rings. The van der Waals surface area contributed by atoms with Crippen LogP contribution >= 0.6 is 0 Å². The van der Waals surface area contributed by atoms with Crippen LogP contribution in [0.3, 0.4) is 0 Å². The minimum atomic E-state index is -0.326. The van der Waals surface area contributed by atoms with Gasteiger partial charge in [0, 0.05) is 17.6 Å². The van der Waals surface area contributed by atoms with Crippen LogP contribution in [0, 0.1) is 13.8 Å². The van der Waals surface area contributed by atoms with Crippen LogP contribution in [0.2, 0.25) is 0 Å². The predicted molar refractivity (Wildman–Crippen MR) is 99.8 cm³/mol. The Morgan fingerprint density at radius 2 is 1.76 bits per heavy atom. The Morgan fingerprint density at radius 3 is 2.52 bits per heavy atom. The minimum absolute atomic E-state index is 0.0318. The van der Waals surface area contributed by atoms with Gasteiger partial charge in [-0.15, -0.1) is 0 Å². The van der Waals surface area contributed by atoms with Crippen molar-refractivity contribution >= 4 is 17.3 Å². The first kappa shape index (κ1) is 15.4. The van der Waals surface area contributed by atoms with Gasteiger partial charge in [0.15, 0.2) is 6.17 Å². The summed E-state index contributed by atoms with van der Waals surface area (Å²) in [5.74, 6) is -0.0318. The third kappa shape index (κ3) is 2.66. The highest BCUT2D eigenvalue weighted by Crippen LogP contribution is 2.36. The van der Waals surface area contributed by atoms with E-state index in [0.29, 0.717) is 5.56 Å². The smallest absolute Gasteiger partial charge is 0.262 e. The van der Waals surface area contributed by atoms with Gasteiger partial charge in [0.05, 0.1) is 11.3 Å². The molecular formula is C21H19N3O. The number of pyridine rings is 1. The molecule has 0 radical (unpaired) electrons. The fourth-order valence-corrected chi connectivity index (χ4v) is 3.16. The Bertz CT molecular complexity index is 937. The quantitative estimate of drug-likeness (QED) is 0.771. The fraction of sp³-hybridized carbons (Fsp3) is 0.143. The molecule has 2 aromatic carbocycles. The fourth-order valence-electron chi connectivity index (χ4n) is 3.16. The molecule has 4 heteroatoms. The number of hydrogen-bond donors (Lipinski definition) is 1. The van der Waals surface area contributed by atoms with Crippen LogP contribution in [0.1, 0.15) is 33.3 Å². The molecule has 0 saturated carbocycles. The van der Waals surface area contributed by atoms with Crippen molar-refractivity contribution < 1.29 is 4.79 Å². The first-order valence-electron chi connectivity index (χ1n) is 8.32. The Morgan fingerprint density at radius 1 is 0.960 bits per heavy atom. The molecule has 1 amide bonds. The molecule has 0 unspecified atom stereocenters. The van der Waals surface area contributed by atoms with Crippen LogP contribution in [0.25, 0.3) is 0 Å². The molecule has 2 heterocycles. The summed E-state index contributed by atoms with van der Waals surface area (Å²) in [5, 5.41) is 3.49. The number of nitrogens with one attached hydrogen (secondary N) is 1. The van der Waals surface area contributed by atoms with Crippen LogP contribution in [-0.4, -0.2) is 10.9 Å². The summed E-state index contributed by atoms with van der Waals surface area (Å²) in [6.45, 7) is 4.17.